The summed E-state index contributed by atoms with van der Waals surface area (Å²) >= 11 is 0. The second-order valence-electron chi connectivity index (χ2n) is 5.17. The summed E-state index contributed by atoms with van der Waals surface area (Å²) in [7, 11) is 0. The maximum Gasteiger partial charge on any atom is 0.343 e. The van der Waals surface area contributed by atoms with Gasteiger partial charge in [-0.3, -0.25) is 4.57 Å². The van der Waals surface area contributed by atoms with Crippen LogP contribution < -0.4 is 5.69 Å². The van der Waals surface area contributed by atoms with Gasteiger partial charge in [-0.25, -0.2) is 9.89 Å². The van der Waals surface area contributed by atoms with Crippen molar-refractivity contribution in [3.63, 3.8) is 0 Å². The molecule has 21 heavy (non-hydrogen) atoms. The van der Waals surface area contributed by atoms with Gasteiger partial charge < -0.3 is 0 Å². The van der Waals surface area contributed by atoms with E-state index in [1.165, 1.54) is 11.1 Å². The number of hydrogen-bond donors (Lipinski definition) is 1. The molecule has 0 unspecified atom stereocenters. The van der Waals surface area contributed by atoms with Gasteiger partial charge in [-0.1, -0.05) is 42.5 Å². The van der Waals surface area contributed by atoms with E-state index in [-0.39, 0.29) is 5.69 Å². The number of aromatic nitrogens is 3. The minimum absolute atomic E-state index is 0.169. The fourth-order valence-electron chi connectivity index (χ4n) is 2.40. The molecule has 1 heterocycles. The molecule has 4 nitrogen and oxygen atoms in total. The SMILES string of the molecule is Cc1ccc(-c2ccccc2)cc1Cn1c(C)n[nH]c1=O. The van der Waals surface area contributed by atoms with Crippen molar-refractivity contribution in [2.24, 2.45) is 0 Å². The molecule has 0 spiro atoms. The lowest BCUT2D eigenvalue weighted by Crippen LogP contribution is -2.19. The smallest absolute Gasteiger partial charge is 0.275 e. The van der Waals surface area contributed by atoms with E-state index in [1.54, 1.807) is 4.57 Å². The van der Waals surface area contributed by atoms with Gasteiger partial charge in [-0.2, -0.15) is 5.10 Å². The molecule has 0 amide bonds. The Morgan fingerprint density at radius 3 is 2.48 bits per heavy atom. The number of nitrogens with zero attached hydrogens (tertiary/aromatic N) is 2. The van der Waals surface area contributed by atoms with E-state index in [0.717, 1.165) is 11.1 Å². The van der Waals surface area contributed by atoms with Crippen LogP contribution in [-0.4, -0.2) is 14.8 Å². The summed E-state index contributed by atoms with van der Waals surface area (Å²) in [6.45, 7) is 4.42. The van der Waals surface area contributed by atoms with Crippen molar-refractivity contribution >= 4 is 0 Å². The Morgan fingerprint density at radius 1 is 1.05 bits per heavy atom. The number of aromatic amines is 1. The van der Waals surface area contributed by atoms with Crippen molar-refractivity contribution in [2.45, 2.75) is 20.4 Å². The maximum absolute atomic E-state index is 11.8. The molecule has 0 aliphatic carbocycles. The van der Waals surface area contributed by atoms with Gasteiger partial charge in [0.05, 0.1) is 6.54 Å². The number of aryl methyl sites for hydroxylation is 2. The number of hydrogen-bond acceptors (Lipinski definition) is 2. The predicted octanol–water partition coefficient (Wildman–Crippen LogP) is 2.90. The van der Waals surface area contributed by atoms with E-state index in [9.17, 15) is 4.79 Å². The van der Waals surface area contributed by atoms with Gasteiger partial charge in [-0.05, 0) is 42.2 Å². The van der Waals surface area contributed by atoms with Crippen molar-refractivity contribution in [3.05, 3.63) is 76.0 Å². The lowest BCUT2D eigenvalue weighted by molar-refractivity contribution is 0.730. The summed E-state index contributed by atoms with van der Waals surface area (Å²) in [5.41, 5.74) is 4.46. The molecule has 1 aromatic heterocycles. The van der Waals surface area contributed by atoms with E-state index in [4.69, 9.17) is 0 Å². The third-order valence-electron chi connectivity index (χ3n) is 3.73. The molecule has 4 heteroatoms. The monoisotopic (exact) mass is 279 g/mol. The van der Waals surface area contributed by atoms with Gasteiger partial charge >= 0.3 is 5.69 Å². The van der Waals surface area contributed by atoms with Crippen molar-refractivity contribution in [3.8, 4) is 11.1 Å². The first-order valence-corrected chi connectivity index (χ1v) is 6.92. The highest BCUT2D eigenvalue weighted by Gasteiger charge is 2.08. The molecule has 0 bridgehead atoms. The Hall–Kier alpha value is -2.62. The predicted molar refractivity (Wildman–Crippen MR) is 83.3 cm³/mol. The topological polar surface area (TPSA) is 50.7 Å². The maximum atomic E-state index is 11.8. The van der Waals surface area contributed by atoms with E-state index >= 15 is 0 Å². The highest BCUT2D eigenvalue weighted by molar-refractivity contribution is 5.64. The highest BCUT2D eigenvalue weighted by atomic mass is 16.1. The van der Waals surface area contributed by atoms with Gasteiger partial charge in [0.2, 0.25) is 0 Å². The van der Waals surface area contributed by atoms with Crippen LogP contribution in [0.25, 0.3) is 11.1 Å². The zero-order valence-electron chi connectivity index (χ0n) is 12.1. The first-order valence-electron chi connectivity index (χ1n) is 6.92. The second-order valence-corrected chi connectivity index (χ2v) is 5.17. The Balaban J connectivity index is 2.01. The number of rotatable bonds is 3. The van der Waals surface area contributed by atoms with Crippen molar-refractivity contribution in [2.75, 3.05) is 0 Å². The molecule has 0 saturated heterocycles. The van der Waals surface area contributed by atoms with Crippen LogP contribution in [-0.2, 0) is 6.54 Å². The van der Waals surface area contributed by atoms with E-state index in [1.807, 2.05) is 25.1 Å². The molecule has 0 radical (unpaired) electrons. The average Bonchev–Trinajstić information content (AvgIpc) is 2.82. The number of nitrogens with one attached hydrogen (secondary N) is 1. The first-order chi connectivity index (χ1) is 10.1. The quantitative estimate of drug-likeness (QED) is 0.801. The van der Waals surface area contributed by atoms with Crippen LogP contribution in [0.15, 0.2) is 53.3 Å². The van der Waals surface area contributed by atoms with E-state index < -0.39 is 0 Å². The number of H-pyrrole nitrogens is 1. The van der Waals surface area contributed by atoms with Crippen molar-refractivity contribution < 1.29 is 0 Å². The van der Waals surface area contributed by atoms with Gasteiger partial charge in [0.15, 0.2) is 0 Å². The molecule has 0 saturated carbocycles. The Labute approximate surface area is 123 Å². The minimum atomic E-state index is -0.169. The zero-order valence-corrected chi connectivity index (χ0v) is 12.1. The fraction of sp³-hybridized carbons (Fsp3) is 0.176. The van der Waals surface area contributed by atoms with Crippen LogP contribution in [0, 0.1) is 13.8 Å². The summed E-state index contributed by atoms with van der Waals surface area (Å²) in [6, 6.07) is 16.6. The van der Waals surface area contributed by atoms with Gasteiger partial charge in [0.25, 0.3) is 0 Å². The molecular weight excluding hydrogens is 262 g/mol. The molecule has 0 aliphatic heterocycles. The Bertz CT molecular complexity index is 816. The summed E-state index contributed by atoms with van der Waals surface area (Å²) in [5, 5.41) is 6.43. The summed E-state index contributed by atoms with van der Waals surface area (Å²) < 4.78 is 1.65. The van der Waals surface area contributed by atoms with Gasteiger partial charge in [0.1, 0.15) is 5.82 Å². The molecule has 0 aliphatic rings. The average molecular weight is 279 g/mol. The molecule has 0 atom stereocenters. The van der Waals surface area contributed by atoms with Crippen molar-refractivity contribution in [1.82, 2.24) is 14.8 Å². The van der Waals surface area contributed by atoms with Crippen LogP contribution in [0.5, 0.6) is 0 Å². The lowest BCUT2D eigenvalue weighted by Gasteiger charge is -2.10. The molecule has 106 valence electrons. The van der Waals surface area contributed by atoms with Gasteiger partial charge in [-0.15, -0.1) is 0 Å². The third kappa shape index (κ3) is 2.65. The largest absolute Gasteiger partial charge is 0.343 e. The highest BCUT2D eigenvalue weighted by Crippen LogP contribution is 2.22. The lowest BCUT2D eigenvalue weighted by atomic mass is 10.00. The standard InChI is InChI=1S/C17H17N3O/c1-12-8-9-15(14-6-4-3-5-7-14)10-16(12)11-20-13(2)18-19-17(20)21/h3-10H,11H2,1-2H3,(H,19,21). The normalized spacial score (nSPS) is 10.8. The molecule has 2 aromatic carbocycles. The van der Waals surface area contributed by atoms with Crippen LogP contribution in [0.2, 0.25) is 0 Å². The second kappa shape index (κ2) is 5.40. The van der Waals surface area contributed by atoms with E-state index in [2.05, 4.69) is 47.5 Å². The van der Waals surface area contributed by atoms with Gasteiger partial charge in [0, 0.05) is 0 Å². The fourth-order valence-corrected chi connectivity index (χ4v) is 2.40. The number of benzene rings is 2. The van der Waals surface area contributed by atoms with Crippen molar-refractivity contribution in [1.29, 1.82) is 0 Å². The summed E-state index contributed by atoms with van der Waals surface area (Å²) in [5.74, 6) is 0.699. The molecule has 3 rings (SSSR count). The van der Waals surface area contributed by atoms with E-state index in [0.29, 0.717) is 12.4 Å². The van der Waals surface area contributed by atoms with Crippen LogP contribution in [0.4, 0.5) is 0 Å². The Kier molecular flexibility index (Phi) is 3.44. The summed E-state index contributed by atoms with van der Waals surface area (Å²) in [6.07, 6.45) is 0. The Morgan fingerprint density at radius 2 is 1.81 bits per heavy atom. The molecule has 1 N–H and O–H groups in total. The summed E-state index contributed by atoms with van der Waals surface area (Å²) in [4.78, 5) is 11.8. The van der Waals surface area contributed by atoms with Crippen LogP contribution in [0.1, 0.15) is 17.0 Å². The molecule has 0 fully saturated rings. The third-order valence-corrected chi connectivity index (χ3v) is 3.73. The first kappa shape index (κ1) is 13.4. The molecule has 3 aromatic rings. The zero-order chi connectivity index (χ0) is 14.8. The minimum Gasteiger partial charge on any atom is -0.275 e. The van der Waals surface area contributed by atoms with Crippen LogP contribution in [0.3, 0.4) is 0 Å². The molecular formula is C17H17N3O. The van der Waals surface area contributed by atoms with Crippen LogP contribution >= 0.6 is 0 Å².